The molecule has 0 spiro atoms. The number of anilines is 1. The molecule has 0 bridgehead atoms. The van der Waals surface area contributed by atoms with Gasteiger partial charge in [0.1, 0.15) is 5.82 Å². The molecule has 1 N–H and O–H groups in total. The van der Waals surface area contributed by atoms with Crippen molar-refractivity contribution >= 4 is 28.0 Å². The molecule has 0 aliphatic carbocycles. The molecule has 1 heterocycles. The van der Waals surface area contributed by atoms with Crippen molar-refractivity contribution < 1.29 is 0 Å². The highest BCUT2D eigenvalue weighted by Crippen LogP contribution is 2.10. The number of hydrogen-bond donors (Lipinski definition) is 1. The number of halogens is 1. The monoisotopic (exact) mass is 398 g/mol. The van der Waals surface area contributed by atoms with Gasteiger partial charge in [-0.05, 0) is 29.8 Å². The summed E-state index contributed by atoms with van der Waals surface area (Å²) >= 11 is 3.37. The van der Waals surface area contributed by atoms with E-state index in [1.807, 2.05) is 30.3 Å². The molecule has 0 aliphatic heterocycles. The summed E-state index contributed by atoms with van der Waals surface area (Å²) in [5.74, 6) is 0.315. The zero-order valence-corrected chi connectivity index (χ0v) is 15.0. The van der Waals surface area contributed by atoms with Crippen LogP contribution in [0.5, 0.6) is 0 Å². The molecule has 6 nitrogen and oxygen atoms in total. The molecule has 0 saturated carbocycles. The van der Waals surface area contributed by atoms with Crippen LogP contribution in [0.3, 0.4) is 0 Å². The van der Waals surface area contributed by atoms with Crippen LogP contribution in [-0.2, 0) is 0 Å². The maximum absolute atomic E-state index is 12.3. The molecule has 2 aromatic carbocycles. The van der Waals surface area contributed by atoms with E-state index in [2.05, 4.69) is 26.0 Å². The number of para-hydroxylation sites is 1. The molecule has 25 heavy (non-hydrogen) atoms. The standard InChI is InChI=1S/C18H15BrN4O2/c1-22(20-12-13-7-9-14(19)10-8-13)16-11-17(24)23(18(25)21-16)15-5-3-2-4-6-15/h2-12H,1H3,(H,21,25)/b20-12+. The predicted octanol–water partition coefficient (Wildman–Crippen LogP) is 2.76. The van der Waals surface area contributed by atoms with E-state index < -0.39 is 11.2 Å². The van der Waals surface area contributed by atoms with Crippen molar-refractivity contribution in [3.8, 4) is 5.69 Å². The fourth-order valence-corrected chi connectivity index (χ4v) is 2.51. The van der Waals surface area contributed by atoms with E-state index in [0.717, 1.165) is 14.6 Å². The van der Waals surface area contributed by atoms with Crippen molar-refractivity contribution in [1.29, 1.82) is 0 Å². The van der Waals surface area contributed by atoms with E-state index >= 15 is 0 Å². The van der Waals surface area contributed by atoms with Gasteiger partial charge in [-0.3, -0.25) is 14.8 Å². The minimum Gasteiger partial charge on any atom is -0.292 e. The second kappa shape index (κ2) is 7.31. The Morgan fingerprint density at radius 3 is 2.40 bits per heavy atom. The Bertz CT molecular complexity index is 976. The summed E-state index contributed by atoms with van der Waals surface area (Å²) in [4.78, 5) is 27.3. The number of hydrogen-bond acceptors (Lipinski definition) is 4. The van der Waals surface area contributed by atoms with Crippen LogP contribution in [0.4, 0.5) is 5.82 Å². The van der Waals surface area contributed by atoms with Gasteiger partial charge >= 0.3 is 5.69 Å². The molecule has 126 valence electrons. The molecule has 3 rings (SSSR count). The molecular formula is C18H15BrN4O2. The maximum Gasteiger partial charge on any atom is 0.334 e. The summed E-state index contributed by atoms with van der Waals surface area (Å²) in [6.45, 7) is 0. The van der Waals surface area contributed by atoms with Crippen LogP contribution in [0.25, 0.3) is 5.69 Å². The number of H-pyrrole nitrogens is 1. The maximum atomic E-state index is 12.3. The van der Waals surface area contributed by atoms with Crippen LogP contribution >= 0.6 is 15.9 Å². The second-order valence-electron chi connectivity index (χ2n) is 5.29. The van der Waals surface area contributed by atoms with Gasteiger partial charge in [0.15, 0.2) is 0 Å². The van der Waals surface area contributed by atoms with Crippen LogP contribution in [0.15, 0.2) is 79.8 Å². The van der Waals surface area contributed by atoms with Crippen molar-refractivity contribution in [3.05, 3.63) is 91.5 Å². The number of rotatable bonds is 4. The highest BCUT2D eigenvalue weighted by atomic mass is 79.9. The largest absolute Gasteiger partial charge is 0.334 e. The third-order valence-electron chi connectivity index (χ3n) is 3.53. The summed E-state index contributed by atoms with van der Waals surface area (Å²) in [5.41, 5.74) is 0.478. The number of nitrogens with zero attached hydrogens (tertiary/aromatic N) is 3. The minimum atomic E-state index is -0.514. The Hall–Kier alpha value is -2.93. The Morgan fingerprint density at radius 1 is 1.08 bits per heavy atom. The number of aromatic nitrogens is 2. The number of nitrogens with one attached hydrogen (secondary N) is 1. The zero-order valence-electron chi connectivity index (χ0n) is 13.4. The minimum absolute atomic E-state index is 0.315. The van der Waals surface area contributed by atoms with Crippen LogP contribution in [0, 0.1) is 0 Å². The van der Waals surface area contributed by atoms with Crippen molar-refractivity contribution in [2.24, 2.45) is 5.10 Å². The van der Waals surface area contributed by atoms with E-state index in [1.165, 1.54) is 11.1 Å². The summed E-state index contributed by atoms with van der Waals surface area (Å²) in [6, 6.07) is 17.7. The number of hydrazone groups is 1. The van der Waals surface area contributed by atoms with Crippen molar-refractivity contribution in [3.63, 3.8) is 0 Å². The van der Waals surface area contributed by atoms with Crippen molar-refractivity contribution in [1.82, 2.24) is 9.55 Å². The fraction of sp³-hybridized carbons (Fsp3) is 0.0556. The Balaban J connectivity index is 1.89. The molecule has 0 fully saturated rings. The van der Waals surface area contributed by atoms with E-state index in [4.69, 9.17) is 0 Å². The first-order valence-corrected chi connectivity index (χ1v) is 8.29. The molecule has 1 aromatic heterocycles. The van der Waals surface area contributed by atoms with Gasteiger partial charge < -0.3 is 0 Å². The van der Waals surface area contributed by atoms with Gasteiger partial charge in [-0.15, -0.1) is 0 Å². The van der Waals surface area contributed by atoms with Crippen LogP contribution in [0.2, 0.25) is 0 Å². The Morgan fingerprint density at radius 2 is 1.76 bits per heavy atom. The molecular weight excluding hydrogens is 384 g/mol. The van der Waals surface area contributed by atoms with Crippen LogP contribution in [0.1, 0.15) is 5.56 Å². The van der Waals surface area contributed by atoms with Gasteiger partial charge in [-0.1, -0.05) is 46.3 Å². The van der Waals surface area contributed by atoms with Gasteiger partial charge in [0.05, 0.1) is 11.9 Å². The summed E-state index contributed by atoms with van der Waals surface area (Å²) in [7, 11) is 1.66. The van der Waals surface area contributed by atoms with Crippen LogP contribution < -0.4 is 16.3 Å². The third-order valence-corrected chi connectivity index (χ3v) is 4.06. The zero-order chi connectivity index (χ0) is 17.8. The molecule has 0 saturated heterocycles. The quantitative estimate of drug-likeness (QED) is 0.542. The predicted molar refractivity (Wildman–Crippen MR) is 103 cm³/mol. The smallest absolute Gasteiger partial charge is 0.292 e. The normalized spacial score (nSPS) is 11.0. The molecule has 3 aromatic rings. The number of aromatic amines is 1. The molecule has 0 aliphatic rings. The summed E-state index contributed by atoms with van der Waals surface area (Å²) < 4.78 is 2.06. The average Bonchev–Trinajstić information content (AvgIpc) is 2.61. The van der Waals surface area contributed by atoms with E-state index in [-0.39, 0.29) is 0 Å². The SMILES string of the molecule is CN(/N=C/c1ccc(Br)cc1)c1cc(=O)n(-c2ccccc2)c(=O)[nH]1. The highest BCUT2D eigenvalue weighted by molar-refractivity contribution is 9.10. The summed E-state index contributed by atoms with van der Waals surface area (Å²) in [5, 5.41) is 5.70. The van der Waals surface area contributed by atoms with Gasteiger partial charge in [0.25, 0.3) is 5.56 Å². The average molecular weight is 399 g/mol. The Kier molecular flexibility index (Phi) is 4.95. The van der Waals surface area contributed by atoms with E-state index in [0.29, 0.717) is 11.5 Å². The van der Waals surface area contributed by atoms with E-state index in [9.17, 15) is 9.59 Å². The number of benzene rings is 2. The first-order valence-electron chi connectivity index (χ1n) is 7.50. The fourth-order valence-electron chi connectivity index (χ4n) is 2.24. The third kappa shape index (κ3) is 3.95. The Labute approximate surface area is 152 Å². The van der Waals surface area contributed by atoms with Crippen LogP contribution in [-0.4, -0.2) is 22.8 Å². The van der Waals surface area contributed by atoms with Gasteiger partial charge in [0, 0.05) is 17.6 Å². The molecule has 0 amide bonds. The van der Waals surface area contributed by atoms with Gasteiger partial charge in [-0.2, -0.15) is 5.10 Å². The summed E-state index contributed by atoms with van der Waals surface area (Å²) in [6.07, 6.45) is 1.65. The molecule has 0 radical (unpaired) electrons. The first kappa shape index (κ1) is 16.9. The lowest BCUT2D eigenvalue weighted by atomic mass is 10.2. The van der Waals surface area contributed by atoms with Gasteiger partial charge in [-0.25, -0.2) is 9.36 Å². The molecule has 0 unspecified atom stereocenters. The second-order valence-corrected chi connectivity index (χ2v) is 6.20. The lowest BCUT2D eigenvalue weighted by molar-refractivity contribution is 0.850. The van der Waals surface area contributed by atoms with Crippen molar-refractivity contribution in [2.75, 3.05) is 12.1 Å². The molecule has 7 heteroatoms. The van der Waals surface area contributed by atoms with E-state index in [1.54, 1.807) is 37.5 Å². The lowest BCUT2D eigenvalue weighted by Crippen LogP contribution is -2.34. The lowest BCUT2D eigenvalue weighted by Gasteiger charge is -2.13. The van der Waals surface area contributed by atoms with Gasteiger partial charge in [0.2, 0.25) is 0 Å². The topological polar surface area (TPSA) is 70.5 Å². The molecule has 0 atom stereocenters. The van der Waals surface area contributed by atoms with Crippen molar-refractivity contribution in [2.45, 2.75) is 0 Å². The first-order chi connectivity index (χ1) is 12.0. The highest BCUT2D eigenvalue weighted by Gasteiger charge is 2.08.